The van der Waals surface area contributed by atoms with Gasteiger partial charge in [0.05, 0.1) is 5.75 Å². The average Bonchev–Trinajstić information content (AvgIpc) is 2.65. The van der Waals surface area contributed by atoms with Gasteiger partial charge in [-0.2, -0.15) is 0 Å². The fraction of sp³-hybridized carbons (Fsp3) is 0.273. The third kappa shape index (κ3) is 2.55. The van der Waals surface area contributed by atoms with E-state index in [1.54, 1.807) is 11.8 Å². The molecular weight excluding hydrogens is 224 g/mol. The molecule has 1 saturated heterocycles. The molecule has 0 radical (unpaired) electrons. The Bertz CT molecular complexity index is 416. The predicted molar refractivity (Wildman–Crippen MR) is 64.1 cm³/mol. The first kappa shape index (κ1) is 11.0. The van der Waals surface area contributed by atoms with Crippen molar-refractivity contribution in [1.82, 2.24) is 5.32 Å². The third-order valence-electron chi connectivity index (χ3n) is 2.21. The van der Waals surface area contributed by atoms with E-state index in [4.69, 9.17) is 0 Å². The van der Waals surface area contributed by atoms with E-state index in [-0.39, 0.29) is 17.2 Å². The number of benzene rings is 1. The highest BCUT2D eigenvalue weighted by molar-refractivity contribution is 8.00. The van der Waals surface area contributed by atoms with E-state index in [0.717, 1.165) is 11.3 Å². The highest BCUT2D eigenvalue weighted by Crippen LogP contribution is 2.30. The second-order valence-corrected chi connectivity index (χ2v) is 4.66. The first-order valence-corrected chi connectivity index (χ1v) is 5.98. The van der Waals surface area contributed by atoms with E-state index < -0.39 is 0 Å². The topological polar surface area (TPSA) is 58.2 Å². The third-order valence-corrected chi connectivity index (χ3v) is 3.36. The van der Waals surface area contributed by atoms with E-state index in [1.807, 2.05) is 24.3 Å². The monoisotopic (exact) mass is 236 g/mol. The molecule has 2 N–H and O–H groups in total. The molecule has 0 spiro atoms. The summed E-state index contributed by atoms with van der Waals surface area (Å²) in [5.41, 5.74) is 1.82. The van der Waals surface area contributed by atoms with Gasteiger partial charge in [-0.25, -0.2) is 0 Å². The van der Waals surface area contributed by atoms with Crippen molar-refractivity contribution in [3.05, 3.63) is 29.8 Å². The van der Waals surface area contributed by atoms with Gasteiger partial charge in [-0.3, -0.25) is 9.59 Å². The number of rotatable bonds is 2. The summed E-state index contributed by atoms with van der Waals surface area (Å²) in [5.74, 6) is 0.496. The number of carbonyl (C=O) groups is 2. The van der Waals surface area contributed by atoms with Gasteiger partial charge in [-0.15, -0.1) is 11.8 Å². The van der Waals surface area contributed by atoms with Crippen LogP contribution in [0.5, 0.6) is 0 Å². The van der Waals surface area contributed by atoms with Crippen LogP contribution in [0.2, 0.25) is 0 Å². The van der Waals surface area contributed by atoms with E-state index in [9.17, 15) is 9.59 Å². The Labute approximate surface area is 97.8 Å². The maximum atomic E-state index is 11.1. The van der Waals surface area contributed by atoms with Crippen LogP contribution in [0.1, 0.15) is 17.9 Å². The Morgan fingerprint density at radius 1 is 1.44 bits per heavy atom. The fourth-order valence-corrected chi connectivity index (χ4v) is 2.48. The van der Waals surface area contributed by atoms with E-state index in [0.29, 0.717) is 5.75 Å². The lowest BCUT2D eigenvalue weighted by molar-refractivity contribution is -0.118. The number of thioether (sulfide) groups is 1. The largest absolute Gasteiger partial charge is 0.339 e. The van der Waals surface area contributed by atoms with Gasteiger partial charge in [0, 0.05) is 12.6 Å². The van der Waals surface area contributed by atoms with Gasteiger partial charge in [0.25, 0.3) is 0 Å². The Kier molecular flexibility index (Phi) is 3.14. The molecule has 84 valence electrons. The highest BCUT2D eigenvalue weighted by Gasteiger charge is 2.22. The highest BCUT2D eigenvalue weighted by atomic mass is 32.2. The summed E-state index contributed by atoms with van der Waals surface area (Å²) in [5, 5.41) is 5.61. The predicted octanol–water partition coefficient (Wildman–Crippen LogP) is 1.51. The zero-order valence-corrected chi connectivity index (χ0v) is 9.64. The molecule has 2 rings (SSSR count). The van der Waals surface area contributed by atoms with Gasteiger partial charge in [0.1, 0.15) is 5.37 Å². The first-order chi connectivity index (χ1) is 7.65. The van der Waals surface area contributed by atoms with Crippen LogP contribution in [0.4, 0.5) is 5.69 Å². The van der Waals surface area contributed by atoms with Crippen molar-refractivity contribution in [2.75, 3.05) is 11.1 Å². The van der Waals surface area contributed by atoms with Crippen molar-refractivity contribution in [3.63, 3.8) is 0 Å². The van der Waals surface area contributed by atoms with Gasteiger partial charge < -0.3 is 10.6 Å². The van der Waals surface area contributed by atoms with Crippen molar-refractivity contribution in [1.29, 1.82) is 0 Å². The molecule has 1 aliphatic heterocycles. The standard InChI is InChI=1S/C11H12N2O2S/c1-7(14)12-9-4-2-8(3-5-9)11-13-10(15)6-16-11/h2-5,11H,6H2,1H3,(H,12,14)(H,13,15)/t11-/m1/s1. The van der Waals surface area contributed by atoms with Crippen molar-refractivity contribution in [2.45, 2.75) is 12.3 Å². The van der Waals surface area contributed by atoms with Crippen molar-refractivity contribution in [2.24, 2.45) is 0 Å². The molecule has 1 atom stereocenters. The number of nitrogens with one attached hydrogen (secondary N) is 2. The second-order valence-electron chi connectivity index (χ2n) is 3.56. The minimum Gasteiger partial charge on any atom is -0.339 e. The van der Waals surface area contributed by atoms with Crippen LogP contribution in [-0.2, 0) is 9.59 Å². The number of hydrogen-bond donors (Lipinski definition) is 2. The molecule has 1 aromatic carbocycles. The maximum Gasteiger partial charge on any atom is 0.231 e. The maximum absolute atomic E-state index is 11.1. The number of hydrogen-bond acceptors (Lipinski definition) is 3. The quantitative estimate of drug-likeness (QED) is 0.818. The van der Waals surface area contributed by atoms with E-state index >= 15 is 0 Å². The molecule has 0 bridgehead atoms. The van der Waals surface area contributed by atoms with Crippen molar-refractivity contribution >= 4 is 29.3 Å². The molecule has 5 heteroatoms. The molecule has 4 nitrogen and oxygen atoms in total. The second kappa shape index (κ2) is 4.57. The molecule has 0 saturated carbocycles. The summed E-state index contributed by atoms with van der Waals surface area (Å²) in [4.78, 5) is 21.9. The van der Waals surface area contributed by atoms with Gasteiger partial charge in [0.15, 0.2) is 0 Å². The van der Waals surface area contributed by atoms with Gasteiger partial charge >= 0.3 is 0 Å². The lowest BCUT2D eigenvalue weighted by atomic mass is 10.2. The van der Waals surface area contributed by atoms with Crippen LogP contribution in [0.25, 0.3) is 0 Å². The molecule has 1 aliphatic rings. The Hall–Kier alpha value is -1.49. The molecule has 0 aliphatic carbocycles. The summed E-state index contributed by atoms with van der Waals surface area (Å²) >= 11 is 1.58. The zero-order chi connectivity index (χ0) is 11.5. The molecule has 1 fully saturated rings. The summed E-state index contributed by atoms with van der Waals surface area (Å²) in [6, 6.07) is 7.49. The molecule has 0 aromatic heterocycles. The fourth-order valence-electron chi connectivity index (χ4n) is 1.51. The van der Waals surface area contributed by atoms with Gasteiger partial charge in [0.2, 0.25) is 11.8 Å². The van der Waals surface area contributed by atoms with Gasteiger partial charge in [-0.1, -0.05) is 12.1 Å². The normalized spacial score (nSPS) is 19.3. The Morgan fingerprint density at radius 2 is 2.12 bits per heavy atom. The molecule has 2 amide bonds. The summed E-state index contributed by atoms with van der Waals surface area (Å²) in [6.45, 7) is 1.47. The number of carbonyl (C=O) groups excluding carboxylic acids is 2. The molecular formula is C11H12N2O2S. The van der Waals surface area contributed by atoms with Crippen LogP contribution in [0, 0.1) is 0 Å². The Morgan fingerprint density at radius 3 is 2.62 bits per heavy atom. The van der Waals surface area contributed by atoms with Crippen LogP contribution < -0.4 is 10.6 Å². The minimum atomic E-state index is -0.0868. The first-order valence-electron chi connectivity index (χ1n) is 4.93. The average molecular weight is 236 g/mol. The van der Waals surface area contributed by atoms with Crippen molar-refractivity contribution in [3.8, 4) is 0 Å². The van der Waals surface area contributed by atoms with E-state index in [1.165, 1.54) is 6.92 Å². The number of amides is 2. The number of anilines is 1. The van der Waals surface area contributed by atoms with Crippen LogP contribution >= 0.6 is 11.8 Å². The molecule has 16 heavy (non-hydrogen) atoms. The van der Waals surface area contributed by atoms with E-state index in [2.05, 4.69) is 10.6 Å². The summed E-state index contributed by atoms with van der Waals surface area (Å²) in [7, 11) is 0. The lowest BCUT2D eigenvalue weighted by Crippen LogP contribution is -2.18. The van der Waals surface area contributed by atoms with Gasteiger partial charge in [-0.05, 0) is 17.7 Å². The lowest BCUT2D eigenvalue weighted by Gasteiger charge is -2.10. The van der Waals surface area contributed by atoms with Crippen molar-refractivity contribution < 1.29 is 9.59 Å². The molecule has 1 aromatic rings. The molecule has 1 heterocycles. The minimum absolute atomic E-state index is 0.0406. The molecule has 0 unspecified atom stereocenters. The van der Waals surface area contributed by atoms with Crippen LogP contribution in [0.15, 0.2) is 24.3 Å². The van der Waals surface area contributed by atoms with Crippen LogP contribution in [-0.4, -0.2) is 17.6 Å². The zero-order valence-electron chi connectivity index (χ0n) is 8.82. The van der Waals surface area contributed by atoms with Crippen LogP contribution in [0.3, 0.4) is 0 Å². The SMILES string of the molecule is CC(=O)Nc1ccc([C@@H]2NC(=O)CS2)cc1. The smallest absolute Gasteiger partial charge is 0.231 e. The Balaban J connectivity index is 2.07. The summed E-state index contributed by atoms with van der Waals surface area (Å²) < 4.78 is 0. The summed E-state index contributed by atoms with van der Waals surface area (Å²) in [6.07, 6.45) is 0.